The van der Waals surface area contributed by atoms with Gasteiger partial charge in [-0.1, -0.05) is 0 Å². The van der Waals surface area contributed by atoms with Crippen molar-refractivity contribution in [2.24, 2.45) is 0 Å². The summed E-state index contributed by atoms with van der Waals surface area (Å²) in [6, 6.07) is 14.5. The first-order valence-electron chi connectivity index (χ1n) is 10.7. The maximum Gasteiger partial charge on any atom is 0.437 e. The Labute approximate surface area is 212 Å². The second kappa shape index (κ2) is 10.9. The van der Waals surface area contributed by atoms with Gasteiger partial charge in [-0.3, -0.25) is 4.79 Å². The highest BCUT2D eigenvalue weighted by Crippen LogP contribution is 2.24. The Hall–Kier alpha value is -3.08. The maximum atomic E-state index is 12.8. The van der Waals surface area contributed by atoms with Crippen molar-refractivity contribution in [1.82, 2.24) is 9.78 Å². The van der Waals surface area contributed by atoms with Crippen LogP contribution in [0.25, 0.3) is 0 Å². The van der Waals surface area contributed by atoms with Crippen molar-refractivity contribution in [3.8, 4) is 11.5 Å². The van der Waals surface area contributed by atoms with Gasteiger partial charge in [0.1, 0.15) is 22.9 Å². The average Bonchev–Trinajstić information content (AvgIpc) is 3.19. The molecular weight excluding hydrogens is 549 g/mol. The van der Waals surface area contributed by atoms with Crippen LogP contribution in [0.1, 0.15) is 42.4 Å². The Morgan fingerprint density at radius 3 is 2.15 bits per heavy atom. The van der Waals surface area contributed by atoms with Crippen LogP contribution in [0.4, 0.5) is 10.6 Å². The number of aryl methyl sites for hydroxylation is 2. The summed E-state index contributed by atoms with van der Waals surface area (Å²) < 4.78 is 18.3. The van der Waals surface area contributed by atoms with Gasteiger partial charge in [-0.2, -0.15) is 5.10 Å². The Kier molecular flexibility index (Phi) is 8.19. The van der Waals surface area contributed by atoms with Crippen molar-refractivity contribution in [1.29, 1.82) is 0 Å². The SMILES string of the molecule is COc1cc(CCc2cc(NC(=O)c3ccc(I)cc3)n(C(=O)OC(C)(C)C)n2)cc(OC)c1. The number of rotatable bonds is 7. The Balaban J connectivity index is 1.84. The minimum Gasteiger partial charge on any atom is -0.497 e. The molecule has 3 aromatic rings. The number of benzene rings is 2. The number of nitrogens with zero attached hydrogens (tertiary/aromatic N) is 2. The number of amides is 1. The Morgan fingerprint density at radius 2 is 1.59 bits per heavy atom. The summed E-state index contributed by atoms with van der Waals surface area (Å²) >= 11 is 2.17. The van der Waals surface area contributed by atoms with E-state index in [2.05, 4.69) is 33.0 Å². The fraction of sp³-hybridized carbons (Fsp3) is 0.320. The van der Waals surface area contributed by atoms with E-state index >= 15 is 0 Å². The third-order valence-corrected chi connectivity index (χ3v) is 5.47. The summed E-state index contributed by atoms with van der Waals surface area (Å²) in [5.74, 6) is 1.29. The summed E-state index contributed by atoms with van der Waals surface area (Å²) in [5, 5.41) is 7.21. The van der Waals surface area contributed by atoms with E-state index in [1.165, 1.54) is 0 Å². The molecule has 180 valence electrons. The molecule has 1 aromatic heterocycles. The van der Waals surface area contributed by atoms with Crippen LogP contribution in [0.5, 0.6) is 11.5 Å². The maximum absolute atomic E-state index is 12.8. The number of methoxy groups -OCH3 is 2. The number of aromatic nitrogens is 2. The lowest BCUT2D eigenvalue weighted by molar-refractivity contribution is 0.0518. The highest BCUT2D eigenvalue weighted by atomic mass is 127. The zero-order valence-electron chi connectivity index (χ0n) is 19.8. The van der Waals surface area contributed by atoms with Gasteiger partial charge in [0, 0.05) is 21.3 Å². The van der Waals surface area contributed by atoms with E-state index in [0.717, 1.165) is 13.8 Å². The number of ether oxygens (including phenoxy) is 3. The van der Waals surface area contributed by atoms with E-state index in [1.54, 1.807) is 59.3 Å². The summed E-state index contributed by atoms with van der Waals surface area (Å²) in [7, 11) is 3.20. The van der Waals surface area contributed by atoms with E-state index in [-0.39, 0.29) is 11.7 Å². The molecule has 2 aromatic carbocycles. The number of nitrogens with one attached hydrogen (secondary N) is 1. The van der Waals surface area contributed by atoms with Gasteiger partial charge in [-0.25, -0.2) is 4.79 Å². The quantitative estimate of drug-likeness (QED) is 0.382. The van der Waals surface area contributed by atoms with Crippen molar-refractivity contribution in [3.05, 3.63) is 68.9 Å². The number of anilines is 1. The molecular formula is C25H28IN3O5. The predicted octanol–water partition coefficient (Wildman–Crippen LogP) is 5.33. The van der Waals surface area contributed by atoms with Gasteiger partial charge in [-0.05, 0) is 98.2 Å². The fourth-order valence-corrected chi connectivity index (χ4v) is 3.52. The zero-order valence-corrected chi connectivity index (χ0v) is 22.0. The third kappa shape index (κ3) is 6.96. The number of hydrogen-bond acceptors (Lipinski definition) is 6. The first-order chi connectivity index (χ1) is 16.1. The minimum absolute atomic E-state index is 0.246. The summed E-state index contributed by atoms with van der Waals surface area (Å²) in [6.45, 7) is 5.32. The Bertz CT molecular complexity index is 1140. The monoisotopic (exact) mass is 577 g/mol. The second-order valence-corrected chi connectivity index (χ2v) is 9.84. The normalized spacial score (nSPS) is 11.1. The van der Waals surface area contributed by atoms with Crippen LogP contribution in [-0.2, 0) is 17.6 Å². The molecule has 0 fully saturated rings. The van der Waals surface area contributed by atoms with Gasteiger partial charge in [0.05, 0.1) is 19.9 Å². The van der Waals surface area contributed by atoms with Gasteiger partial charge >= 0.3 is 6.09 Å². The standard InChI is InChI=1S/C25H28IN3O5/c1-25(2,3)34-24(31)29-22(27-23(30)17-7-9-18(26)10-8-17)14-19(28-29)11-6-16-12-20(32-4)15-21(13-16)33-5/h7-10,12-15H,6,11H2,1-5H3,(H,27,30). The number of carbonyl (C=O) groups is 2. The molecule has 0 aliphatic heterocycles. The lowest BCUT2D eigenvalue weighted by atomic mass is 10.1. The molecule has 0 spiro atoms. The molecule has 0 aliphatic carbocycles. The lowest BCUT2D eigenvalue weighted by Crippen LogP contribution is -2.29. The largest absolute Gasteiger partial charge is 0.497 e. The molecule has 3 rings (SSSR count). The van der Waals surface area contributed by atoms with Gasteiger partial charge in [0.15, 0.2) is 0 Å². The number of hydrogen-bond donors (Lipinski definition) is 1. The fourth-order valence-electron chi connectivity index (χ4n) is 3.16. The molecule has 34 heavy (non-hydrogen) atoms. The van der Waals surface area contributed by atoms with E-state index in [4.69, 9.17) is 14.2 Å². The van der Waals surface area contributed by atoms with Crippen LogP contribution in [0.3, 0.4) is 0 Å². The third-order valence-electron chi connectivity index (χ3n) is 4.76. The van der Waals surface area contributed by atoms with Gasteiger partial charge in [-0.15, -0.1) is 4.68 Å². The smallest absolute Gasteiger partial charge is 0.437 e. The summed E-state index contributed by atoms with van der Waals surface area (Å²) in [5.41, 5.74) is 1.39. The molecule has 0 bridgehead atoms. The molecule has 1 amide bonds. The molecule has 8 nitrogen and oxygen atoms in total. The topological polar surface area (TPSA) is 91.7 Å². The van der Waals surface area contributed by atoms with Gasteiger partial charge in [0.2, 0.25) is 0 Å². The molecule has 0 saturated heterocycles. The van der Waals surface area contributed by atoms with Crippen LogP contribution in [0.15, 0.2) is 48.5 Å². The second-order valence-electron chi connectivity index (χ2n) is 8.59. The first-order valence-corrected chi connectivity index (χ1v) is 11.8. The molecule has 0 saturated carbocycles. The summed E-state index contributed by atoms with van der Waals surface area (Å²) in [6.07, 6.45) is 0.488. The minimum atomic E-state index is -0.711. The predicted molar refractivity (Wildman–Crippen MR) is 138 cm³/mol. The molecule has 0 atom stereocenters. The lowest BCUT2D eigenvalue weighted by Gasteiger charge is -2.19. The van der Waals surface area contributed by atoms with Gasteiger partial charge < -0.3 is 19.5 Å². The molecule has 0 unspecified atom stereocenters. The molecule has 9 heteroatoms. The molecule has 1 heterocycles. The highest BCUT2D eigenvalue weighted by Gasteiger charge is 2.23. The molecule has 0 aliphatic rings. The highest BCUT2D eigenvalue weighted by molar-refractivity contribution is 14.1. The van der Waals surface area contributed by atoms with Crippen LogP contribution < -0.4 is 14.8 Å². The average molecular weight is 577 g/mol. The van der Waals surface area contributed by atoms with Crippen LogP contribution in [-0.4, -0.2) is 41.6 Å². The zero-order chi connectivity index (χ0) is 24.9. The van der Waals surface area contributed by atoms with E-state index in [9.17, 15) is 9.59 Å². The molecule has 1 N–H and O–H groups in total. The van der Waals surface area contributed by atoms with Crippen molar-refractivity contribution < 1.29 is 23.8 Å². The van der Waals surface area contributed by atoms with E-state index in [1.807, 2.05) is 24.3 Å². The van der Waals surface area contributed by atoms with Crippen molar-refractivity contribution >= 4 is 40.4 Å². The van der Waals surface area contributed by atoms with E-state index < -0.39 is 11.7 Å². The number of carbonyl (C=O) groups excluding carboxylic acids is 2. The first kappa shape index (κ1) is 25.5. The van der Waals surface area contributed by atoms with E-state index in [0.29, 0.717) is 35.6 Å². The van der Waals surface area contributed by atoms with Crippen LogP contribution >= 0.6 is 22.6 Å². The van der Waals surface area contributed by atoms with Crippen molar-refractivity contribution in [2.45, 2.75) is 39.2 Å². The van der Waals surface area contributed by atoms with Crippen molar-refractivity contribution in [2.75, 3.05) is 19.5 Å². The molecule has 0 radical (unpaired) electrons. The van der Waals surface area contributed by atoms with Crippen molar-refractivity contribution in [3.63, 3.8) is 0 Å². The van der Waals surface area contributed by atoms with Crippen LogP contribution in [0, 0.1) is 3.57 Å². The van der Waals surface area contributed by atoms with Crippen LogP contribution in [0.2, 0.25) is 0 Å². The number of halogens is 1. The Morgan fingerprint density at radius 1 is 0.971 bits per heavy atom. The summed E-state index contributed by atoms with van der Waals surface area (Å²) in [4.78, 5) is 25.6. The van der Waals surface area contributed by atoms with Gasteiger partial charge in [0.25, 0.3) is 5.91 Å².